The lowest BCUT2D eigenvalue weighted by atomic mass is 9.96. The maximum Gasteiger partial charge on any atom is 0.253 e. The molecule has 2 unspecified atom stereocenters. The van der Waals surface area contributed by atoms with Crippen LogP contribution in [0.5, 0.6) is 5.75 Å². The average molecular weight is 612 g/mol. The number of hydrogen-bond acceptors (Lipinski definition) is 7. The van der Waals surface area contributed by atoms with E-state index in [9.17, 15) is 9.36 Å². The number of allylic oxidation sites excluding steroid dienone is 3. The van der Waals surface area contributed by atoms with Crippen LogP contribution >= 0.6 is 7.14 Å². The van der Waals surface area contributed by atoms with E-state index in [2.05, 4.69) is 32.5 Å². The molecule has 2 aromatic carbocycles. The molecule has 1 amide bonds. The van der Waals surface area contributed by atoms with Gasteiger partial charge in [-0.25, -0.2) is 13.8 Å². The minimum atomic E-state index is -2.31. The predicted octanol–water partition coefficient (Wildman–Crippen LogP) is 8.17. The Hall–Kier alpha value is -4.04. The fraction of sp³-hybridized carbons (Fsp3) is 0.344. The predicted molar refractivity (Wildman–Crippen MR) is 172 cm³/mol. The molecule has 8 nitrogen and oxygen atoms in total. The summed E-state index contributed by atoms with van der Waals surface area (Å²) in [7, 11) is 0.676. The van der Waals surface area contributed by atoms with Crippen molar-refractivity contribution in [2.45, 2.75) is 45.9 Å². The smallest absolute Gasteiger partial charge is 0.253 e. The third kappa shape index (κ3) is 7.87. The third-order valence-electron chi connectivity index (χ3n) is 7.39. The van der Waals surface area contributed by atoms with E-state index in [-0.39, 0.29) is 40.6 Å². The Morgan fingerprint density at radius 1 is 1.16 bits per heavy atom. The number of rotatable bonds is 13. The first-order valence-electron chi connectivity index (χ1n) is 14.0. The minimum absolute atomic E-state index is 0.0575. The van der Waals surface area contributed by atoms with Gasteiger partial charge in [0.1, 0.15) is 23.1 Å². The first kappa shape index (κ1) is 33.5. The topological polar surface area (TPSA) is 105 Å². The van der Waals surface area contributed by atoms with Crippen molar-refractivity contribution in [2.24, 2.45) is 0 Å². The molecule has 11 heteroatoms. The van der Waals surface area contributed by atoms with Gasteiger partial charge in [-0.3, -0.25) is 4.79 Å². The molecule has 1 heterocycles. The number of methoxy groups -OCH3 is 1. The normalized spacial score (nSPS) is 14.3. The number of halogens is 2. The fourth-order valence-corrected chi connectivity index (χ4v) is 5.59. The second kappa shape index (κ2) is 14.0. The highest BCUT2D eigenvalue weighted by Crippen LogP contribution is 2.45. The van der Waals surface area contributed by atoms with Crippen LogP contribution in [0.3, 0.4) is 0 Å². The lowest BCUT2D eigenvalue weighted by Gasteiger charge is -2.23. The summed E-state index contributed by atoms with van der Waals surface area (Å²) in [5, 5.41) is 8.66. The van der Waals surface area contributed by atoms with Crippen LogP contribution in [0.1, 0.15) is 61.2 Å². The number of alkyl halides is 1. The van der Waals surface area contributed by atoms with Crippen LogP contribution in [0.2, 0.25) is 0 Å². The number of nitrogens with one attached hydrogen (secondary N) is 3. The standard InChI is InChI=1S/C32H40F2N5O3P/c1-9-21(10-2)22-16-23(30(40)35-6)27(17-25(22)33)37-29-24(32(5,34)11-3)18-36-31(39-29)38-26-14-13-20(15-28(26)42-7)19-43(8,41)12-4/h9-10,13-18H,1,11-12,19H2,2-8H3,(H,35,40)(H2,36,37,38,39). The lowest BCUT2D eigenvalue weighted by molar-refractivity contribution is 0.0964. The van der Waals surface area contributed by atoms with E-state index in [0.717, 1.165) is 5.56 Å². The van der Waals surface area contributed by atoms with Crippen molar-refractivity contribution in [1.82, 2.24) is 15.3 Å². The molecule has 0 radical (unpaired) electrons. The first-order valence-corrected chi connectivity index (χ1v) is 16.5. The van der Waals surface area contributed by atoms with E-state index < -0.39 is 24.5 Å². The van der Waals surface area contributed by atoms with Gasteiger partial charge in [-0.1, -0.05) is 38.6 Å². The number of amides is 1. The van der Waals surface area contributed by atoms with Crippen LogP contribution in [-0.2, 0) is 16.4 Å². The summed E-state index contributed by atoms with van der Waals surface area (Å²) < 4.78 is 49.3. The van der Waals surface area contributed by atoms with Gasteiger partial charge in [0.05, 0.1) is 36.8 Å². The van der Waals surface area contributed by atoms with Gasteiger partial charge in [0.25, 0.3) is 5.91 Å². The summed E-state index contributed by atoms with van der Waals surface area (Å²) >= 11 is 0. The summed E-state index contributed by atoms with van der Waals surface area (Å²) in [6.45, 7) is 12.2. The molecule has 3 aromatic rings. The third-order valence-corrected chi connectivity index (χ3v) is 9.76. The fourth-order valence-electron chi connectivity index (χ4n) is 4.40. The summed E-state index contributed by atoms with van der Waals surface area (Å²) in [4.78, 5) is 21.7. The van der Waals surface area contributed by atoms with E-state index >= 15 is 8.78 Å². The van der Waals surface area contributed by atoms with Crippen LogP contribution in [0, 0.1) is 5.82 Å². The number of hydrogen-bond donors (Lipinski definition) is 3. The van der Waals surface area contributed by atoms with Crippen LogP contribution in [0.25, 0.3) is 5.57 Å². The second-order valence-corrected chi connectivity index (χ2v) is 14.0. The number of nitrogens with zero attached hydrogens (tertiary/aromatic N) is 2. The quantitative estimate of drug-likeness (QED) is 0.132. The highest BCUT2D eigenvalue weighted by molar-refractivity contribution is 7.62. The second-order valence-electron chi connectivity index (χ2n) is 10.5. The zero-order valence-electron chi connectivity index (χ0n) is 25.8. The molecule has 3 N–H and O–H groups in total. The molecular formula is C32H40F2N5O3P. The lowest BCUT2D eigenvalue weighted by Crippen LogP contribution is -2.21. The monoisotopic (exact) mass is 611 g/mol. The molecule has 0 saturated carbocycles. The molecular weight excluding hydrogens is 571 g/mol. The number of ether oxygens (including phenoxy) is 1. The number of benzene rings is 2. The molecule has 0 aliphatic carbocycles. The van der Waals surface area contributed by atoms with Crippen LogP contribution in [0.15, 0.2) is 55.3 Å². The van der Waals surface area contributed by atoms with Crippen molar-refractivity contribution < 1.29 is 22.9 Å². The molecule has 0 spiro atoms. The Bertz CT molecular complexity index is 1590. The van der Waals surface area contributed by atoms with Crippen LogP contribution in [-0.4, -0.2) is 42.9 Å². The Morgan fingerprint density at radius 3 is 2.47 bits per heavy atom. The highest BCUT2D eigenvalue weighted by Gasteiger charge is 2.29. The van der Waals surface area contributed by atoms with Gasteiger partial charge in [-0.05, 0) is 68.5 Å². The molecule has 1 aromatic heterocycles. The maximum atomic E-state index is 15.7. The van der Waals surface area contributed by atoms with Gasteiger partial charge in [-0.2, -0.15) is 4.98 Å². The van der Waals surface area contributed by atoms with E-state index in [0.29, 0.717) is 29.3 Å². The van der Waals surface area contributed by atoms with Gasteiger partial charge >= 0.3 is 0 Å². The average Bonchev–Trinajstić information content (AvgIpc) is 2.98. The van der Waals surface area contributed by atoms with E-state index in [1.54, 1.807) is 38.7 Å². The molecule has 0 aliphatic rings. The van der Waals surface area contributed by atoms with Crippen molar-refractivity contribution in [3.8, 4) is 5.75 Å². The zero-order chi connectivity index (χ0) is 31.9. The van der Waals surface area contributed by atoms with Gasteiger partial charge in [-0.15, -0.1) is 0 Å². The molecule has 0 saturated heterocycles. The largest absolute Gasteiger partial charge is 0.495 e. The van der Waals surface area contributed by atoms with Gasteiger partial charge < -0.3 is 25.3 Å². The Morgan fingerprint density at radius 2 is 1.88 bits per heavy atom. The Labute approximate surface area is 252 Å². The molecule has 3 rings (SSSR count). The molecule has 0 bridgehead atoms. The van der Waals surface area contributed by atoms with Crippen molar-refractivity contribution in [2.75, 3.05) is 37.6 Å². The molecule has 43 heavy (non-hydrogen) atoms. The number of aromatic nitrogens is 2. The molecule has 0 aliphatic heterocycles. The molecule has 230 valence electrons. The van der Waals surface area contributed by atoms with Crippen molar-refractivity contribution >= 4 is 41.8 Å². The summed E-state index contributed by atoms with van der Waals surface area (Å²) in [5.41, 5.74) is 0.652. The highest BCUT2D eigenvalue weighted by atomic mass is 31.2. The maximum absolute atomic E-state index is 15.7. The van der Waals surface area contributed by atoms with Crippen molar-refractivity contribution in [3.05, 3.63) is 83.3 Å². The van der Waals surface area contributed by atoms with E-state index in [4.69, 9.17) is 4.74 Å². The Kier molecular flexibility index (Phi) is 10.9. The van der Waals surface area contributed by atoms with Crippen molar-refractivity contribution in [1.29, 1.82) is 0 Å². The van der Waals surface area contributed by atoms with Gasteiger partial charge in [0.2, 0.25) is 5.95 Å². The zero-order valence-corrected chi connectivity index (χ0v) is 26.7. The SMILES string of the molecule is C=CC(=CC)c1cc(C(=O)NC)c(Nc2nc(Nc3ccc(CP(C)(=O)CC)cc3OC)ncc2C(C)(F)CC)cc1F. The van der Waals surface area contributed by atoms with Gasteiger partial charge in [0.15, 0.2) is 0 Å². The number of anilines is 4. The molecule has 2 atom stereocenters. The Balaban J connectivity index is 2.11. The van der Waals surface area contributed by atoms with Crippen LogP contribution < -0.4 is 20.7 Å². The van der Waals surface area contributed by atoms with E-state index in [1.807, 2.05) is 13.0 Å². The number of carbonyl (C=O) groups excluding carboxylic acids is 1. The minimum Gasteiger partial charge on any atom is -0.495 e. The summed E-state index contributed by atoms with van der Waals surface area (Å²) in [6.07, 6.45) is 5.70. The first-order chi connectivity index (χ1) is 20.3. The summed E-state index contributed by atoms with van der Waals surface area (Å²) in [6, 6.07) is 8.03. The van der Waals surface area contributed by atoms with E-state index in [1.165, 1.54) is 45.5 Å². The molecule has 0 fully saturated rings. The number of carbonyl (C=O) groups is 1. The van der Waals surface area contributed by atoms with Gasteiger partial charge in [0, 0.05) is 25.0 Å². The van der Waals surface area contributed by atoms with Crippen molar-refractivity contribution in [3.63, 3.8) is 0 Å². The summed E-state index contributed by atoms with van der Waals surface area (Å²) in [5.74, 6) is -0.413. The van der Waals surface area contributed by atoms with Crippen LogP contribution in [0.4, 0.5) is 31.9 Å².